The number of nitrogens with zero attached hydrogens (tertiary/aromatic N) is 2. The zero-order valence-corrected chi connectivity index (χ0v) is 19.1. The molecule has 2 N–H and O–H groups in total. The molecule has 5 nitrogen and oxygen atoms in total. The van der Waals surface area contributed by atoms with Crippen molar-refractivity contribution in [2.24, 2.45) is 0 Å². The number of hydrogen-bond donors (Lipinski definition) is 2. The molecule has 3 aromatic carbocycles. The number of rotatable bonds is 6. The second-order valence-corrected chi connectivity index (χ2v) is 9.23. The predicted octanol–water partition coefficient (Wildman–Crippen LogP) is 5.03. The van der Waals surface area contributed by atoms with Gasteiger partial charge < -0.3 is 14.8 Å². The summed E-state index contributed by atoms with van der Waals surface area (Å²) in [5.74, 6) is 1.05. The van der Waals surface area contributed by atoms with E-state index in [2.05, 4.69) is 77.9 Å². The Kier molecular flexibility index (Phi) is 5.83. The van der Waals surface area contributed by atoms with Crippen molar-refractivity contribution in [1.82, 2.24) is 15.5 Å². The zero-order valence-electron chi connectivity index (χ0n) is 19.1. The molecule has 168 valence electrons. The lowest BCUT2D eigenvalue weighted by atomic mass is 9.77. The minimum Gasteiger partial charge on any atom is -0.416 e. The SMILES string of the molecule is Cc1cc(C)cc(-c2nnc(-c3ccc4c(c3)C[C@@](CO)(NCc3ccccc3)CC4)o2)c1. The highest BCUT2D eigenvalue weighted by Crippen LogP contribution is 2.33. The number of nitrogens with one attached hydrogen (secondary N) is 1. The van der Waals surface area contributed by atoms with Crippen LogP contribution in [0.15, 0.2) is 71.1 Å². The van der Waals surface area contributed by atoms with E-state index < -0.39 is 0 Å². The number of fused-ring (bicyclic) bond motifs is 1. The van der Waals surface area contributed by atoms with Crippen LogP contribution in [0.1, 0.15) is 34.2 Å². The molecule has 1 aliphatic rings. The summed E-state index contributed by atoms with van der Waals surface area (Å²) in [5, 5.41) is 22.6. The third-order valence-electron chi connectivity index (χ3n) is 6.56. The summed E-state index contributed by atoms with van der Waals surface area (Å²) in [6.45, 7) is 4.97. The van der Waals surface area contributed by atoms with Crippen LogP contribution >= 0.6 is 0 Å². The van der Waals surface area contributed by atoms with Crippen LogP contribution in [-0.4, -0.2) is 27.4 Å². The largest absolute Gasteiger partial charge is 0.416 e. The van der Waals surface area contributed by atoms with Crippen LogP contribution < -0.4 is 5.32 Å². The lowest BCUT2D eigenvalue weighted by Crippen LogP contribution is -2.52. The Hall–Kier alpha value is -3.28. The van der Waals surface area contributed by atoms with Crippen molar-refractivity contribution in [3.8, 4) is 22.9 Å². The normalized spacial score (nSPS) is 17.7. The first-order chi connectivity index (χ1) is 16.0. The Balaban J connectivity index is 1.38. The topological polar surface area (TPSA) is 71.2 Å². The van der Waals surface area contributed by atoms with Crippen LogP contribution in [0.25, 0.3) is 22.9 Å². The van der Waals surface area contributed by atoms with Gasteiger partial charge in [-0.2, -0.15) is 0 Å². The maximum atomic E-state index is 10.3. The summed E-state index contributed by atoms with van der Waals surface area (Å²) in [4.78, 5) is 0. The van der Waals surface area contributed by atoms with Gasteiger partial charge in [-0.25, -0.2) is 0 Å². The van der Waals surface area contributed by atoms with Gasteiger partial charge >= 0.3 is 0 Å². The lowest BCUT2D eigenvalue weighted by Gasteiger charge is -2.38. The standard InChI is InChI=1S/C28H29N3O2/c1-19-12-20(2)14-24(13-19)27-31-30-26(33-27)23-9-8-22-10-11-28(18-32,16-25(22)15-23)29-17-21-6-4-3-5-7-21/h3-9,12-15,29,32H,10-11,16-18H2,1-2H3/t28-/m0/s1. The van der Waals surface area contributed by atoms with Gasteiger partial charge in [0.05, 0.1) is 6.61 Å². The molecule has 0 unspecified atom stereocenters. The fraction of sp³-hybridized carbons (Fsp3) is 0.286. The summed E-state index contributed by atoms with van der Waals surface area (Å²) in [7, 11) is 0. The van der Waals surface area contributed by atoms with Gasteiger partial charge in [-0.1, -0.05) is 53.6 Å². The highest BCUT2D eigenvalue weighted by molar-refractivity contribution is 5.61. The van der Waals surface area contributed by atoms with E-state index in [1.54, 1.807) is 0 Å². The molecule has 0 fully saturated rings. The van der Waals surface area contributed by atoms with Crippen molar-refractivity contribution in [2.75, 3.05) is 6.61 Å². The van der Waals surface area contributed by atoms with E-state index in [4.69, 9.17) is 4.42 Å². The maximum absolute atomic E-state index is 10.3. The van der Waals surface area contributed by atoms with Crippen molar-refractivity contribution < 1.29 is 9.52 Å². The van der Waals surface area contributed by atoms with E-state index in [0.29, 0.717) is 11.8 Å². The Morgan fingerprint density at radius 2 is 1.61 bits per heavy atom. The highest BCUT2D eigenvalue weighted by atomic mass is 16.4. The van der Waals surface area contributed by atoms with Gasteiger partial charge in [0.2, 0.25) is 11.8 Å². The first-order valence-electron chi connectivity index (χ1n) is 11.5. The molecule has 0 saturated heterocycles. The second-order valence-electron chi connectivity index (χ2n) is 9.23. The quantitative estimate of drug-likeness (QED) is 0.441. The third kappa shape index (κ3) is 4.61. The molecule has 5 rings (SSSR count). The predicted molar refractivity (Wildman–Crippen MR) is 130 cm³/mol. The van der Waals surface area contributed by atoms with E-state index in [-0.39, 0.29) is 12.1 Å². The van der Waals surface area contributed by atoms with Crippen LogP contribution in [0.5, 0.6) is 0 Å². The molecule has 5 heteroatoms. The van der Waals surface area contributed by atoms with Crippen LogP contribution in [0.4, 0.5) is 0 Å². The average molecular weight is 440 g/mol. The molecule has 0 aliphatic heterocycles. The average Bonchev–Trinajstić information content (AvgIpc) is 3.33. The second kappa shape index (κ2) is 8.93. The van der Waals surface area contributed by atoms with E-state index in [1.165, 1.54) is 27.8 Å². The minimum absolute atomic E-state index is 0.0981. The van der Waals surface area contributed by atoms with E-state index in [9.17, 15) is 5.11 Å². The number of aliphatic hydroxyl groups excluding tert-OH is 1. The first-order valence-corrected chi connectivity index (χ1v) is 11.5. The van der Waals surface area contributed by atoms with Crippen molar-refractivity contribution in [3.63, 3.8) is 0 Å². The fourth-order valence-electron chi connectivity index (χ4n) is 4.78. The third-order valence-corrected chi connectivity index (χ3v) is 6.56. The van der Waals surface area contributed by atoms with Gasteiger partial charge in [0.25, 0.3) is 0 Å². The number of aliphatic hydroxyl groups is 1. The summed E-state index contributed by atoms with van der Waals surface area (Å²) < 4.78 is 6.05. The van der Waals surface area contributed by atoms with Gasteiger partial charge in [-0.3, -0.25) is 0 Å². The van der Waals surface area contributed by atoms with Crippen molar-refractivity contribution in [1.29, 1.82) is 0 Å². The summed E-state index contributed by atoms with van der Waals surface area (Å²) in [6, 6.07) is 22.9. The smallest absolute Gasteiger partial charge is 0.248 e. The Morgan fingerprint density at radius 1 is 0.879 bits per heavy atom. The van der Waals surface area contributed by atoms with Crippen LogP contribution in [0.2, 0.25) is 0 Å². The molecule has 0 bridgehead atoms. The van der Waals surface area contributed by atoms with Crippen molar-refractivity contribution >= 4 is 0 Å². The molecular formula is C28H29N3O2. The zero-order chi connectivity index (χ0) is 22.8. The van der Waals surface area contributed by atoms with Gasteiger partial charge in [0, 0.05) is 23.2 Å². The monoisotopic (exact) mass is 439 g/mol. The molecule has 0 spiro atoms. The minimum atomic E-state index is -0.333. The van der Waals surface area contributed by atoms with Gasteiger partial charge in [-0.15, -0.1) is 10.2 Å². The summed E-state index contributed by atoms with van der Waals surface area (Å²) in [6.07, 6.45) is 2.59. The van der Waals surface area contributed by atoms with Crippen LogP contribution in [0.3, 0.4) is 0 Å². The van der Waals surface area contributed by atoms with E-state index in [0.717, 1.165) is 36.9 Å². The molecule has 1 heterocycles. The molecule has 1 aromatic heterocycles. The van der Waals surface area contributed by atoms with Crippen molar-refractivity contribution in [3.05, 3.63) is 94.5 Å². The highest BCUT2D eigenvalue weighted by Gasteiger charge is 2.33. The molecule has 0 radical (unpaired) electrons. The molecule has 1 atom stereocenters. The molecule has 4 aromatic rings. The van der Waals surface area contributed by atoms with Crippen LogP contribution in [0, 0.1) is 13.8 Å². The van der Waals surface area contributed by atoms with Crippen LogP contribution in [-0.2, 0) is 19.4 Å². The number of aryl methyl sites for hydroxylation is 3. The summed E-state index contributed by atoms with van der Waals surface area (Å²) >= 11 is 0. The Labute approximate surface area is 194 Å². The Morgan fingerprint density at radius 3 is 2.33 bits per heavy atom. The van der Waals surface area contributed by atoms with Crippen molar-refractivity contribution in [2.45, 2.75) is 45.2 Å². The van der Waals surface area contributed by atoms with Gasteiger partial charge in [0.15, 0.2) is 0 Å². The molecule has 0 amide bonds. The summed E-state index contributed by atoms with van der Waals surface area (Å²) in [5.41, 5.74) is 7.61. The molecule has 1 aliphatic carbocycles. The first kappa shape index (κ1) is 21.6. The van der Waals surface area contributed by atoms with Gasteiger partial charge in [-0.05, 0) is 74.1 Å². The van der Waals surface area contributed by atoms with Gasteiger partial charge in [0.1, 0.15) is 0 Å². The molecule has 0 saturated carbocycles. The molecular weight excluding hydrogens is 410 g/mol. The van der Waals surface area contributed by atoms with E-state index >= 15 is 0 Å². The lowest BCUT2D eigenvalue weighted by molar-refractivity contribution is 0.143. The molecule has 33 heavy (non-hydrogen) atoms. The number of hydrogen-bond acceptors (Lipinski definition) is 5. The fourth-order valence-corrected chi connectivity index (χ4v) is 4.78. The number of aromatic nitrogens is 2. The Bertz CT molecular complexity index is 1250. The van der Waals surface area contributed by atoms with E-state index in [1.807, 2.05) is 18.2 Å². The maximum Gasteiger partial charge on any atom is 0.248 e. The number of benzene rings is 3.